The third-order valence-electron chi connectivity index (χ3n) is 4.95. The predicted molar refractivity (Wildman–Crippen MR) is 107 cm³/mol. The van der Waals surface area contributed by atoms with Gasteiger partial charge in [-0.2, -0.15) is 0 Å². The average Bonchev–Trinajstić information content (AvgIpc) is 2.72. The molecule has 0 spiro atoms. The quantitative estimate of drug-likeness (QED) is 0.634. The molecule has 0 saturated carbocycles. The zero-order chi connectivity index (χ0) is 17.6. The lowest BCUT2D eigenvalue weighted by Crippen LogP contribution is -2.47. The summed E-state index contributed by atoms with van der Waals surface area (Å²) in [7, 11) is 0. The van der Waals surface area contributed by atoms with Crippen molar-refractivity contribution in [2.24, 2.45) is 0 Å². The van der Waals surface area contributed by atoms with Crippen LogP contribution in [-0.2, 0) is 0 Å². The van der Waals surface area contributed by atoms with E-state index in [1.54, 1.807) is 0 Å². The Hall–Kier alpha value is -2.59. The zero-order valence-corrected chi connectivity index (χ0v) is 15.1. The van der Waals surface area contributed by atoms with Gasteiger partial charge in [-0.1, -0.05) is 36.4 Å². The van der Waals surface area contributed by atoms with Gasteiger partial charge in [-0.25, -0.2) is 4.98 Å². The van der Waals surface area contributed by atoms with E-state index in [9.17, 15) is 0 Å². The highest BCUT2D eigenvalue weighted by atomic mass is 16.5. The van der Waals surface area contributed by atoms with E-state index in [0.717, 1.165) is 57.3 Å². The number of hydrogen-bond donors (Lipinski definition) is 0. The van der Waals surface area contributed by atoms with Crippen LogP contribution in [0.15, 0.2) is 66.9 Å². The van der Waals surface area contributed by atoms with Crippen molar-refractivity contribution in [3.8, 4) is 5.75 Å². The molecule has 1 aromatic heterocycles. The van der Waals surface area contributed by atoms with E-state index < -0.39 is 0 Å². The van der Waals surface area contributed by atoms with Crippen LogP contribution in [0.2, 0.25) is 0 Å². The molecule has 0 radical (unpaired) electrons. The number of anilines is 1. The summed E-state index contributed by atoms with van der Waals surface area (Å²) in [6.07, 6.45) is 2.92. The minimum Gasteiger partial charge on any atom is -0.494 e. The van der Waals surface area contributed by atoms with Crippen molar-refractivity contribution in [1.29, 1.82) is 0 Å². The van der Waals surface area contributed by atoms with E-state index in [-0.39, 0.29) is 0 Å². The summed E-state index contributed by atoms with van der Waals surface area (Å²) in [5, 5.41) is 2.49. The van der Waals surface area contributed by atoms with Crippen LogP contribution in [0.3, 0.4) is 0 Å². The Labute approximate surface area is 155 Å². The summed E-state index contributed by atoms with van der Waals surface area (Å²) in [6.45, 7) is 6.12. The lowest BCUT2D eigenvalue weighted by Gasteiger charge is -2.35. The van der Waals surface area contributed by atoms with Gasteiger partial charge in [-0.05, 0) is 41.5 Å². The second kappa shape index (κ2) is 8.19. The van der Waals surface area contributed by atoms with Crippen molar-refractivity contribution in [2.75, 3.05) is 44.2 Å². The molecule has 2 heterocycles. The SMILES string of the molecule is c1ccc(N2CCN(CCCOc3ccc4ccccc4c3)CC2)nc1. The third-order valence-corrected chi connectivity index (χ3v) is 4.95. The Morgan fingerprint density at radius 2 is 1.65 bits per heavy atom. The number of aromatic nitrogens is 1. The fraction of sp³-hybridized carbons (Fsp3) is 0.318. The summed E-state index contributed by atoms with van der Waals surface area (Å²) in [4.78, 5) is 9.33. The minimum absolute atomic E-state index is 0.763. The standard InChI is InChI=1S/C22H25N3O/c1-2-7-20-18-21(10-9-19(20)6-1)26-17-5-12-24-13-15-25(16-14-24)22-8-3-4-11-23-22/h1-4,6-11,18H,5,12-17H2. The molecule has 2 aromatic carbocycles. The number of rotatable bonds is 6. The van der Waals surface area contributed by atoms with Gasteiger partial charge < -0.3 is 9.64 Å². The van der Waals surface area contributed by atoms with Crippen LogP contribution in [0.5, 0.6) is 5.75 Å². The van der Waals surface area contributed by atoms with Gasteiger partial charge in [0, 0.05) is 38.9 Å². The lowest BCUT2D eigenvalue weighted by atomic mass is 10.1. The van der Waals surface area contributed by atoms with Gasteiger partial charge in [0.25, 0.3) is 0 Å². The van der Waals surface area contributed by atoms with Crippen molar-refractivity contribution >= 4 is 16.6 Å². The van der Waals surface area contributed by atoms with Crippen LogP contribution in [-0.4, -0.2) is 49.2 Å². The molecule has 1 aliphatic heterocycles. The maximum Gasteiger partial charge on any atom is 0.128 e. The molecule has 26 heavy (non-hydrogen) atoms. The first-order valence-electron chi connectivity index (χ1n) is 9.38. The Morgan fingerprint density at radius 3 is 2.46 bits per heavy atom. The Morgan fingerprint density at radius 1 is 0.846 bits per heavy atom. The van der Waals surface area contributed by atoms with Crippen molar-refractivity contribution in [3.63, 3.8) is 0 Å². The largest absolute Gasteiger partial charge is 0.494 e. The molecule has 134 valence electrons. The molecule has 1 saturated heterocycles. The van der Waals surface area contributed by atoms with Crippen LogP contribution in [0.25, 0.3) is 10.8 Å². The highest BCUT2D eigenvalue weighted by Crippen LogP contribution is 2.20. The molecule has 4 heteroatoms. The fourth-order valence-corrected chi connectivity index (χ4v) is 3.48. The first-order chi connectivity index (χ1) is 12.9. The monoisotopic (exact) mass is 347 g/mol. The van der Waals surface area contributed by atoms with Crippen molar-refractivity contribution in [1.82, 2.24) is 9.88 Å². The Kier molecular flexibility index (Phi) is 5.31. The minimum atomic E-state index is 0.763. The molecular weight excluding hydrogens is 322 g/mol. The normalized spacial score (nSPS) is 15.3. The molecule has 0 aliphatic carbocycles. The molecule has 0 unspecified atom stereocenters. The van der Waals surface area contributed by atoms with E-state index >= 15 is 0 Å². The van der Waals surface area contributed by atoms with Crippen LogP contribution in [0.4, 0.5) is 5.82 Å². The van der Waals surface area contributed by atoms with Gasteiger partial charge in [0.1, 0.15) is 11.6 Å². The number of nitrogens with zero attached hydrogens (tertiary/aromatic N) is 3. The maximum absolute atomic E-state index is 5.95. The number of pyridine rings is 1. The highest BCUT2D eigenvalue weighted by molar-refractivity contribution is 5.83. The summed E-state index contributed by atoms with van der Waals surface area (Å²) >= 11 is 0. The molecule has 4 rings (SSSR count). The zero-order valence-electron chi connectivity index (χ0n) is 15.1. The molecule has 4 nitrogen and oxygen atoms in total. The van der Waals surface area contributed by atoms with E-state index in [2.05, 4.69) is 69.4 Å². The molecule has 1 aliphatic rings. The fourth-order valence-electron chi connectivity index (χ4n) is 3.48. The van der Waals surface area contributed by atoms with Crippen molar-refractivity contribution in [3.05, 3.63) is 66.9 Å². The summed E-state index contributed by atoms with van der Waals surface area (Å²) in [5.41, 5.74) is 0. The second-order valence-electron chi connectivity index (χ2n) is 6.73. The second-order valence-corrected chi connectivity index (χ2v) is 6.73. The average molecular weight is 347 g/mol. The summed E-state index contributed by atoms with van der Waals surface area (Å²) in [5.74, 6) is 2.05. The molecule has 0 atom stereocenters. The Balaban J connectivity index is 1.19. The smallest absolute Gasteiger partial charge is 0.128 e. The van der Waals surface area contributed by atoms with Crippen LogP contribution >= 0.6 is 0 Å². The number of hydrogen-bond acceptors (Lipinski definition) is 4. The number of piperazine rings is 1. The van der Waals surface area contributed by atoms with Crippen LogP contribution in [0.1, 0.15) is 6.42 Å². The number of fused-ring (bicyclic) bond motifs is 1. The molecule has 0 amide bonds. The van der Waals surface area contributed by atoms with Crippen molar-refractivity contribution < 1.29 is 4.74 Å². The van der Waals surface area contributed by atoms with Gasteiger partial charge in [0.05, 0.1) is 6.61 Å². The van der Waals surface area contributed by atoms with Gasteiger partial charge in [-0.15, -0.1) is 0 Å². The van der Waals surface area contributed by atoms with Crippen LogP contribution in [0, 0.1) is 0 Å². The van der Waals surface area contributed by atoms with Gasteiger partial charge in [-0.3, -0.25) is 4.90 Å². The van der Waals surface area contributed by atoms with Gasteiger partial charge in [0.15, 0.2) is 0 Å². The third kappa shape index (κ3) is 4.14. The molecular formula is C22H25N3O. The first kappa shape index (κ1) is 16.9. The number of benzene rings is 2. The molecule has 0 N–H and O–H groups in total. The molecule has 0 bridgehead atoms. The lowest BCUT2D eigenvalue weighted by molar-refractivity contribution is 0.224. The van der Waals surface area contributed by atoms with Crippen LogP contribution < -0.4 is 9.64 Å². The highest BCUT2D eigenvalue weighted by Gasteiger charge is 2.17. The molecule has 1 fully saturated rings. The summed E-state index contributed by atoms with van der Waals surface area (Å²) < 4.78 is 5.95. The predicted octanol–water partition coefficient (Wildman–Crippen LogP) is 3.83. The Bertz CT molecular complexity index is 829. The first-order valence-corrected chi connectivity index (χ1v) is 9.38. The van der Waals surface area contributed by atoms with Gasteiger partial charge in [0.2, 0.25) is 0 Å². The van der Waals surface area contributed by atoms with Crippen molar-refractivity contribution in [2.45, 2.75) is 6.42 Å². The van der Waals surface area contributed by atoms with E-state index in [4.69, 9.17) is 4.74 Å². The van der Waals surface area contributed by atoms with Gasteiger partial charge >= 0.3 is 0 Å². The summed E-state index contributed by atoms with van der Waals surface area (Å²) in [6, 6.07) is 20.8. The van der Waals surface area contributed by atoms with E-state index in [1.165, 1.54) is 10.8 Å². The topological polar surface area (TPSA) is 28.6 Å². The maximum atomic E-state index is 5.95. The number of ether oxygens (including phenoxy) is 1. The molecule has 3 aromatic rings. The van der Waals surface area contributed by atoms with E-state index in [1.807, 2.05) is 12.3 Å². The van der Waals surface area contributed by atoms with E-state index in [0.29, 0.717) is 0 Å².